The Morgan fingerprint density at radius 3 is 1.76 bits per heavy atom. The van der Waals surface area contributed by atoms with Crippen molar-refractivity contribution in [1.29, 1.82) is 0 Å². The van der Waals surface area contributed by atoms with Crippen LogP contribution in [-0.2, 0) is 4.43 Å². The molecule has 0 aromatic rings. The zero-order chi connectivity index (χ0) is 13.0. The summed E-state index contributed by atoms with van der Waals surface area (Å²) in [5.41, 5.74) is 0. The Morgan fingerprint density at radius 1 is 0.824 bits per heavy atom. The van der Waals surface area contributed by atoms with Crippen LogP contribution in [0.5, 0.6) is 0 Å². The van der Waals surface area contributed by atoms with E-state index in [1.165, 1.54) is 57.8 Å². The SMILES string of the molecule is C=CCCCCCCCCCCO[Si](C)(C)C. The van der Waals surface area contributed by atoms with Crippen LogP contribution in [-0.4, -0.2) is 14.9 Å². The van der Waals surface area contributed by atoms with Crippen molar-refractivity contribution in [2.45, 2.75) is 77.4 Å². The Kier molecular flexibility index (Phi) is 11.0. The maximum atomic E-state index is 5.83. The Bertz CT molecular complexity index is 172. The molecule has 102 valence electrons. The van der Waals surface area contributed by atoms with Gasteiger partial charge in [-0.2, -0.15) is 0 Å². The van der Waals surface area contributed by atoms with Gasteiger partial charge in [0.1, 0.15) is 0 Å². The Morgan fingerprint density at radius 2 is 1.29 bits per heavy atom. The van der Waals surface area contributed by atoms with Crippen molar-refractivity contribution in [2.24, 2.45) is 0 Å². The van der Waals surface area contributed by atoms with Gasteiger partial charge < -0.3 is 4.43 Å². The van der Waals surface area contributed by atoms with Crippen LogP contribution in [0.4, 0.5) is 0 Å². The average Bonchev–Trinajstić information content (AvgIpc) is 2.24. The highest BCUT2D eigenvalue weighted by molar-refractivity contribution is 6.69. The molecule has 0 aliphatic heterocycles. The van der Waals surface area contributed by atoms with E-state index in [1.54, 1.807) is 0 Å². The quantitative estimate of drug-likeness (QED) is 0.253. The van der Waals surface area contributed by atoms with Crippen LogP contribution in [0, 0.1) is 0 Å². The normalized spacial score (nSPS) is 11.7. The smallest absolute Gasteiger partial charge is 0.183 e. The summed E-state index contributed by atoms with van der Waals surface area (Å²) in [4.78, 5) is 0. The van der Waals surface area contributed by atoms with E-state index in [4.69, 9.17) is 4.43 Å². The third kappa shape index (κ3) is 15.9. The number of unbranched alkanes of at least 4 members (excludes halogenated alkanes) is 8. The minimum Gasteiger partial charge on any atom is -0.418 e. The predicted octanol–water partition coefficient (Wildman–Crippen LogP) is 5.53. The summed E-state index contributed by atoms with van der Waals surface area (Å²) in [6, 6.07) is 0. The van der Waals surface area contributed by atoms with E-state index in [-0.39, 0.29) is 0 Å². The number of hydrogen-bond donors (Lipinski definition) is 0. The predicted molar refractivity (Wildman–Crippen MR) is 81.0 cm³/mol. The van der Waals surface area contributed by atoms with E-state index in [2.05, 4.69) is 26.2 Å². The molecule has 0 aliphatic rings. The summed E-state index contributed by atoms with van der Waals surface area (Å²) < 4.78 is 5.83. The van der Waals surface area contributed by atoms with E-state index in [1.807, 2.05) is 6.08 Å². The summed E-state index contributed by atoms with van der Waals surface area (Å²) in [6.45, 7) is 11.5. The molecule has 0 spiro atoms. The average molecular weight is 257 g/mol. The van der Waals surface area contributed by atoms with Crippen LogP contribution >= 0.6 is 0 Å². The van der Waals surface area contributed by atoms with E-state index in [0.29, 0.717) is 0 Å². The van der Waals surface area contributed by atoms with Gasteiger partial charge in [-0.3, -0.25) is 0 Å². The zero-order valence-electron chi connectivity index (χ0n) is 12.3. The first kappa shape index (κ1) is 16.9. The molecule has 0 aromatic carbocycles. The van der Waals surface area contributed by atoms with Crippen molar-refractivity contribution in [2.75, 3.05) is 6.61 Å². The summed E-state index contributed by atoms with van der Waals surface area (Å²) >= 11 is 0. The van der Waals surface area contributed by atoms with Crippen molar-refractivity contribution >= 4 is 8.32 Å². The molecular formula is C15H32OSi. The lowest BCUT2D eigenvalue weighted by Gasteiger charge is -2.16. The Labute approximate surface area is 110 Å². The second-order valence-electron chi connectivity index (χ2n) is 5.87. The highest BCUT2D eigenvalue weighted by atomic mass is 28.4. The van der Waals surface area contributed by atoms with Crippen molar-refractivity contribution in [3.8, 4) is 0 Å². The summed E-state index contributed by atoms with van der Waals surface area (Å²) in [7, 11) is -1.26. The standard InChI is InChI=1S/C15H32OSi/c1-5-6-7-8-9-10-11-12-13-14-15-16-17(2,3)4/h5H,1,6-15H2,2-4H3. The molecule has 1 nitrogen and oxygen atoms in total. The first-order chi connectivity index (χ1) is 8.06. The first-order valence-electron chi connectivity index (χ1n) is 7.31. The van der Waals surface area contributed by atoms with E-state index in [9.17, 15) is 0 Å². The maximum Gasteiger partial charge on any atom is 0.183 e. The van der Waals surface area contributed by atoms with Gasteiger partial charge in [-0.05, 0) is 38.9 Å². The fourth-order valence-corrected chi connectivity index (χ4v) is 2.59. The lowest BCUT2D eigenvalue weighted by atomic mass is 10.1. The third-order valence-electron chi connectivity index (χ3n) is 2.84. The van der Waals surface area contributed by atoms with E-state index < -0.39 is 8.32 Å². The van der Waals surface area contributed by atoms with Gasteiger partial charge in [0.25, 0.3) is 0 Å². The molecule has 0 saturated heterocycles. The van der Waals surface area contributed by atoms with Gasteiger partial charge in [0, 0.05) is 6.61 Å². The van der Waals surface area contributed by atoms with Crippen LogP contribution in [0.15, 0.2) is 12.7 Å². The maximum absolute atomic E-state index is 5.83. The van der Waals surface area contributed by atoms with Gasteiger partial charge in [0.05, 0.1) is 0 Å². The molecule has 0 radical (unpaired) electrons. The van der Waals surface area contributed by atoms with Gasteiger partial charge in [-0.25, -0.2) is 0 Å². The minimum absolute atomic E-state index is 0.981. The fourth-order valence-electron chi connectivity index (χ4n) is 1.83. The molecule has 0 aromatic heterocycles. The lowest BCUT2D eigenvalue weighted by molar-refractivity contribution is 0.298. The molecule has 0 bridgehead atoms. The lowest BCUT2D eigenvalue weighted by Crippen LogP contribution is -2.25. The highest BCUT2D eigenvalue weighted by Crippen LogP contribution is 2.10. The number of hydrogen-bond acceptors (Lipinski definition) is 1. The molecule has 0 saturated carbocycles. The van der Waals surface area contributed by atoms with Crippen molar-refractivity contribution in [1.82, 2.24) is 0 Å². The first-order valence-corrected chi connectivity index (χ1v) is 10.7. The van der Waals surface area contributed by atoms with Gasteiger partial charge in [0.2, 0.25) is 0 Å². The summed E-state index contributed by atoms with van der Waals surface area (Å²) in [5.74, 6) is 0. The monoisotopic (exact) mass is 256 g/mol. The third-order valence-corrected chi connectivity index (χ3v) is 3.91. The largest absolute Gasteiger partial charge is 0.418 e. The Hall–Kier alpha value is -0.0831. The van der Waals surface area contributed by atoms with Gasteiger partial charge in [0.15, 0.2) is 8.32 Å². The van der Waals surface area contributed by atoms with Crippen LogP contribution in [0.2, 0.25) is 19.6 Å². The fraction of sp³-hybridized carbons (Fsp3) is 0.867. The van der Waals surface area contributed by atoms with Crippen molar-refractivity contribution in [3.05, 3.63) is 12.7 Å². The summed E-state index contributed by atoms with van der Waals surface area (Å²) in [6.07, 6.45) is 14.1. The topological polar surface area (TPSA) is 9.23 Å². The van der Waals surface area contributed by atoms with Crippen molar-refractivity contribution in [3.63, 3.8) is 0 Å². The van der Waals surface area contributed by atoms with Crippen LogP contribution in [0.1, 0.15) is 57.8 Å². The van der Waals surface area contributed by atoms with E-state index in [0.717, 1.165) is 6.61 Å². The zero-order valence-corrected chi connectivity index (χ0v) is 13.3. The molecule has 0 aliphatic carbocycles. The minimum atomic E-state index is -1.26. The van der Waals surface area contributed by atoms with Crippen LogP contribution < -0.4 is 0 Å². The van der Waals surface area contributed by atoms with Crippen LogP contribution in [0.3, 0.4) is 0 Å². The van der Waals surface area contributed by atoms with E-state index >= 15 is 0 Å². The molecule has 17 heavy (non-hydrogen) atoms. The Balaban J connectivity index is 3.01. The van der Waals surface area contributed by atoms with Gasteiger partial charge in [-0.1, -0.05) is 44.6 Å². The van der Waals surface area contributed by atoms with Crippen molar-refractivity contribution < 1.29 is 4.43 Å². The number of rotatable bonds is 12. The molecule has 0 rings (SSSR count). The number of allylic oxidation sites excluding steroid dienone is 1. The molecule has 0 amide bonds. The second kappa shape index (κ2) is 11.0. The molecule has 2 heteroatoms. The molecule has 0 atom stereocenters. The van der Waals surface area contributed by atoms with Gasteiger partial charge in [-0.15, -0.1) is 6.58 Å². The molecule has 0 fully saturated rings. The molecule has 0 N–H and O–H groups in total. The molecule has 0 heterocycles. The van der Waals surface area contributed by atoms with Crippen LogP contribution in [0.25, 0.3) is 0 Å². The molecular weight excluding hydrogens is 224 g/mol. The van der Waals surface area contributed by atoms with Gasteiger partial charge >= 0.3 is 0 Å². The second-order valence-corrected chi connectivity index (χ2v) is 10.4. The summed E-state index contributed by atoms with van der Waals surface area (Å²) in [5, 5.41) is 0. The highest BCUT2D eigenvalue weighted by Gasteiger charge is 2.12. The molecule has 0 unspecified atom stereocenters.